The molecule has 1 aromatic rings. The Morgan fingerprint density at radius 2 is 1.94 bits per heavy atom. The van der Waals surface area contributed by atoms with E-state index >= 15 is 0 Å². The monoisotopic (exact) mass is 257 g/mol. The number of H-pyrrole nitrogens is 1. The van der Waals surface area contributed by atoms with Crippen molar-refractivity contribution in [1.82, 2.24) is 4.98 Å². The van der Waals surface area contributed by atoms with Crippen molar-refractivity contribution in [2.24, 2.45) is 0 Å². The van der Waals surface area contributed by atoms with E-state index in [2.05, 4.69) is 4.74 Å². The number of rotatable bonds is 3. The molecule has 0 saturated carbocycles. The topological polar surface area (TPSA) is 42.1 Å². The number of hydrogen-bond acceptors (Lipinski definition) is 2. The smallest absolute Gasteiger partial charge is 0.458 e. The minimum Gasteiger partial charge on any atom is -0.461 e. The number of ether oxygens (including phenoxy) is 1. The lowest BCUT2D eigenvalue weighted by Gasteiger charge is -2.17. The number of carbonyl (C=O) groups excluding carboxylic acids is 1. The van der Waals surface area contributed by atoms with E-state index in [0.29, 0.717) is 12.3 Å². The number of halogens is 5. The quantitative estimate of drug-likeness (QED) is 0.668. The number of esters is 1. The van der Waals surface area contributed by atoms with Crippen molar-refractivity contribution < 1.29 is 31.5 Å². The second-order valence-corrected chi connectivity index (χ2v) is 3.09. The lowest BCUT2D eigenvalue weighted by atomic mass is 10.1. The largest absolute Gasteiger partial charge is 0.461 e. The summed E-state index contributed by atoms with van der Waals surface area (Å²) in [5, 5.41) is 0. The molecule has 0 spiro atoms. The van der Waals surface area contributed by atoms with E-state index in [0.717, 1.165) is 0 Å². The van der Waals surface area contributed by atoms with Crippen LogP contribution in [0.1, 0.15) is 23.0 Å². The van der Waals surface area contributed by atoms with E-state index in [-0.39, 0.29) is 6.61 Å². The van der Waals surface area contributed by atoms with Crippen LogP contribution in [0.4, 0.5) is 22.0 Å². The molecule has 96 valence electrons. The highest BCUT2D eigenvalue weighted by Gasteiger charge is 2.59. The zero-order valence-corrected chi connectivity index (χ0v) is 8.57. The van der Waals surface area contributed by atoms with Crippen molar-refractivity contribution in [3.8, 4) is 0 Å². The van der Waals surface area contributed by atoms with Gasteiger partial charge in [0.2, 0.25) is 0 Å². The molecular formula is C9H8F5NO2. The molecule has 1 N–H and O–H groups in total. The first-order valence-corrected chi connectivity index (χ1v) is 4.50. The van der Waals surface area contributed by atoms with Gasteiger partial charge in [0, 0.05) is 11.8 Å². The van der Waals surface area contributed by atoms with E-state index in [1.54, 1.807) is 0 Å². The SMILES string of the molecule is CCOC(=O)c1cc(C(F)(F)C(F)(F)F)c[nH]1. The summed E-state index contributed by atoms with van der Waals surface area (Å²) in [6, 6.07) is 0.422. The van der Waals surface area contributed by atoms with Gasteiger partial charge >= 0.3 is 18.1 Å². The molecule has 0 atom stereocenters. The van der Waals surface area contributed by atoms with Gasteiger partial charge in [-0.05, 0) is 13.0 Å². The van der Waals surface area contributed by atoms with Gasteiger partial charge < -0.3 is 9.72 Å². The van der Waals surface area contributed by atoms with Crippen LogP contribution in [0, 0.1) is 0 Å². The standard InChI is InChI=1S/C9H8F5NO2/c1-2-17-7(16)6-3-5(4-15-6)8(10,11)9(12,13)14/h3-4,15H,2H2,1H3. The molecule has 0 aromatic carbocycles. The normalized spacial score (nSPS) is 12.6. The molecule has 3 nitrogen and oxygen atoms in total. The van der Waals surface area contributed by atoms with Gasteiger partial charge in [-0.15, -0.1) is 0 Å². The number of carbonyl (C=O) groups is 1. The molecule has 1 heterocycles. The number of nitrogens with one attached hydrogen (secondary N) is 1. The van der Waals surface area contributed by atoms with E-state index in [1.807, 2.05) is 4.98 Å². The van der Waals surface area contributed by atoms with Crippen molar-refractivity contribution in [3.63, 3.8) is 0 Å². The molecule has 0 radical (unpaired) electrons. The average molecular weight is 257 g/mol. The zero-order valence-electron chi connectivity index (χ0n) is 8.57. The molecule has 8 heteroatoms. The van der Waals surface area contributed by atoms with Crippen LogP contribution in [0.2, 0.25) is 0 Å². The van der Waals surface area contributed by atoms with Crippen LogP contribution < -0.4 is 0 Å². The molecule has 0 unspecified atom stereocenters. The third kappa shape index (κ3) is 2.56. The van der Waals surface area contributed by atoms with Gasteiger partial charge in [-0.1, -0.05) is 0 Å². The maximum Gasteiger partial charge on any atom is 0.458 e. The lowest BCUT2D eigenvalue weighted by molar-refractivity contribution is -0.289. The Kier molecular flexibility index (Phi) is 3.44. The Morgan fingerprint density at radius 1 is 1.35 bits per heavy atom. The first-order valence-electron chi connectivity index (χ1n) is 4.50. The second kappa shape index (κ2) is 4.34. The lowest BCUT2D eigenvalue weighted by Crippen LogP contribution is -2.33. The molecule has 17 heavy (non-hydrogen) atoms. The van der Waals surface area contributed by atoms with E-state index in [9.17, 15) is 26.7 Å². The van der Waals surface area contributed by atoms with Crippen molar-refractivity contribution >= 4 is 5.97 Å². The minimum atomic E-state index is -5.71. The van der Waals surface area contributed by atoms with Gasteiger partial charge in [-0.2, -0.15) is 22.0 Å². The van der Waals surface area contributed by atoms with Crippen molar-refractivity contribution in [3.05, 3.63) is 23.5 Å². The fourth-order valence-electron chi connectivity index (χ4n) is 1.07. The molecule has 0 fully saturated rings. The Morgan fingerprint density at radius 3 is 2.41 bits per heavy atom. The van der Waals surface area contributed by atoms with Crippen molar-refractivity contribution in [1.29, 1.82) is 0 Å². The molecular weight excluding hydrogens is 249 g/mol. The van der Waals surface area contributed by atoms with Gasteiger partial charge in [-0.3, -0.25) is 0 Å². The Labute approximate surface area is 92.6 Å². The predicted octanol–water partition coefficient (Wildman–Crippen LogP) is 2.85. The first kappa shape index (κ1) is 13.5. The summed E-state index contributed by atoms with van der Waals surface area (Å²) in [5.74, 6) is -5.99. The van der Waals surface area contributed by atoms with Gasteiger partial charge in [-0.25, -0.2) is 4.79 Å². The first-order chi connectivity index (χ1) is 7.70. The van der Waals surface area contributed by atoms with E-state index in [1.165, 1.54) is 6.92 Å². The number of aromatic amines is 1. The number of aromatic nitrogens is 1. The molecule has 0 saturated heterocycles. The van der Waals surface area contributed by atoms with Crippen LogP contribution in [0.25, 0.3) is 0 Å². The van der Waals surface area contributed by atoms with Crippen LogP contribution in [0.5, 0.6) is 0 Å². The Balaban J connectivity index is 2.99. The third-order valence-corrected chi connectivity index (χ3v) is 1.90. The number of hydrogen-bond donors (Lipinski definition) is 1. The summed E-state index contributed by atoms with van der Waals surface area (Å²) >= 11 is 0. The highest BCUT2D eigenvalue weighted by Crippen LogP contribution is 2.43. The van der Waals surface area contributed by atoms with Crippen molar-refractivity contribution in [2.45, 2.75) is 19.0 Å². The summed E-state index contributed by atoms with van der Waals surface area (Å²) in [6.45, 7) is 1.47. The fourth-order valence-corrected chi connectivity index (χ4v) is 1.07. The Bertz CT molecular complexity index is 410. The summed E-state index contributed by atoms with van der Waals surface area (Å²) in [7, 11) is 0. The number of alkyl halides is 5. The van der Waals surface area contributed by atoms with Crippen molar-refractivity contribution in [2.75, 3.05) is 6.61 Å². The molecule has 0 bridgehead atoms. The van der Waals surface area contributed by atoms with Crippen LogP contribution in [-0.4, -0.2) is 23.7 Å². The van der Waals surface area contributed by atoms with Gasteiger partial charge in [0.1, 0.15) is 5.69 Å². The third-order valence-electron chi connectivity index (χ3n) is 1.90. The maximum absolute atomic E-state index is 12.8. The highest BCUT2D eigenvalue weighted by molar-refractivity contribution is 5.87. The van der Waals surface area contributed by atoms with E-state index < -0.39 is 29.3 Å². The Hall–Kier alpha value is -1.60. The van der Waals surface area contributed by atoms with E-state index in [4.69, 9.17) is 0 Å². The molecule has 1 rings (SSSR count). The van der Waals surface area contributed by atoms with Crippen LogP contribution >= 0.6 is 0 Å². The predicted molar refractivity (Wildman–Crippen MR) is 46.7 cm³/mol. The molecule has 0 aliphatic carbocycles. The summed E-state index contributed by atoms with van der Waals surface area (Å²) in [5.41, 5.74) is -1.78. The summed E-state index contributed by atoms with van der Waals surface area (Å²) in [6.07, 6.45) is -5.28. The maximum atomic E-state index is 12.8. The summed E-state index contributed by atoms with van der Waals surface area (Å²) in [4.78, 5) is 13.1. The fraction of sp³-hybridized carbons (Fsp3) is 0.444. The van der Waals surface area contributed by atoms with Gasteiger partial charge in [0.15, 0.2) is 0 Å². The second-order valence-electron chi connectivity index (χ2n) is 3.09. The minimum absolute atomic E-state index is 0.0111. The molecule has 0 amide bonds. The summed E-state index contributed by atoms with van der Waals surface area (Å²) < 4.78 is 66.1. The van der Waals surface area contributed by atoms with Crippen LogP contribution in [-0.2, 0) is 10.7 Å². The van der Waals surface area contributed by atoms with Crippen LogP contribution in [0.3, 0.4) is 0 Å². The van der Waals surface area contributed by atoms with Gasteiger partial charge in [0.25, 0.3) is 0 Å². The van der Waals surface area contributed by atoms with Crippen LogP contribution in [0.15, 0.2) is 12.3 Å². The molecule has 0 aliphatic rings. The highest BCUT2D eigenvalue weighted by atomic mass is 19.4. The average Bonchev–Trinajstić information content (AvgIpc) is 2.65. The van der Waals surface area contributed by atoms with Gasteiger partial charge in [0.05, 0.1) is 6.61 Å². The zero-order chi connectivity index (χ0) is 13.3. The molecule has 1 aromatic heterocycles. The molecule has 0 aliphatic heterocycles.